The van der Waals surface area contributed by atoms with E-state index in [1.807, 2.05) is 11.8 Å². The first-order valence-electron chi connectivity index (χ1n) is 7.83. The van der Waals surface area contributed by atoms with Crippen molar-refractivity contribution in [2.24, 2.45) is 5.92 Å². The van der Waals surface area contributed by atoms with Gasteiger partial charge < -0.3 is 9.80 Å². The topological polar surface area (TPSA) is 75.1 Å². The molecular weight excluding hydrogens is 312 g/mol. The number of rotatable bonds is 2. The monoisotopic (exact) mass is 330 g/mol. The molecule has 2 aromatic rings. The fourth-order valence-electron chi connectivity index (χ4n) is 3.53. The SMILES string of the molecule is Cc1nnsc1C(=O)N1C[C@H]2CC[C@@H]1CN(c1cnccn1)C2. The van der Waals surface area contributed by atoms with Crippen molar-refractivity contribution >= 4 is 23.3 Å². The lowest BCUT2D eigenvalue weighted by Gasteiger charge is -2.35. The molecule has 1 amide bonds. The Morgan fingerprint density at radius 1 is 1.26 bits per heavy atom. The summed E-state index contributed by atoms with van der Waals surface area (Å²) in [6.45, 7) is 4.39. The van der Waals surface area contributed by atoms with Crippen LogP contribution in [0.25, 0.3) is 0 Å². The lowest BCUT2D eigenvalue weighted by molar-refractivity contribution is 0.0596. The zero-order chi connectivity index (χ0) is 15.8. The van der Waals surface area contributed by atoms with Crippen molar-refractivity contribution < 1.29 is 4.79 Å². The molecule has 0 unspecified atom stereocenters. The molecule has 0 aliphatic carbocycles. The van der Waals surface area contributed by atoms with Crippen LogP contribution in [0.15, 0.2) is 18.6 Å². The Balaban J connectivity index is 1.59. The predicted octanol–water partition coefficient (Wildman–Crippen LogP) is 1.38. The minimum Gasteiger partial charge on any atom is -0.353 e. The first kappa shape index (κ1) is 14.5. The normalized spacial score (nSPS) is 23.9. The van der Waals surface area contributed by atoms with Crippen LogP contribution in [0.1, 0.15) is 28.2 Å². The maximum Gasteiger partial charge on any atom is 0.267 e. The molecule has 3 aliphatic heterocycles. The number of aromatic nitrogens is 4. The second-order valence-electron chi connectivity index (χ2n) is 6.21. The summed E-state index contributed by atoms with van der Waals surface area (Å²) in [6.07, 6.45) is 7.40. The van der Waals surface area contributed by atoms with Gasteiger partial charge in [-0.1, -0.05) is 4.49 Å². The van der Waals surface area contributed by atoms with Crippen LogP contribution in [0, 0.1) is 12.8 Å². The van der Waals surface area contributed by atoms with Gasteiger partial charge in [-0.05, 0) is 37.2 Å². The number of amides is 1. The molecule has 0 aromatic carbocycles. The summed E-state index contributed by atoms with van der Waals surface area (Å²) in [6, 6.07) is 0.213. The summed E-state index contributed by atoms with van der Waals surface area (Å²) >= 11 is 1.19. The van der Waals surface area contributed by atoms with Crippen LogP contribution in [0.4, 0.5) is 5.82 Å². The van der Waals surface area contributed by atoms with Gasteiger partial charge in [0.05, 0.1) is 11.9 Å². The van der Waals surface area contributed by atoms with E-state index in [2.05, 4.69) is 24.5 Å². The van der Waals surface area contributed by atoms with Gasteiger partial charge in [-0.15, -0.1) is 5.10 Å². The van der Waals surface area contributed by atoms with Crippen LogP contribution in [0.2, 0.25) is 0 Å². The molecule has 2 atom stereocenters. The quantitative estimate of drug-likeness (QED) is 0.828. The first-order chi connectivity index (χ1) is 11.2. The van der Waals surface area contributed by atoms with Gasteiger partial charge in [0, 0.05) is 38.1 Å². The zero-order valence-corrected chi connectivity index (χ0v) is 13.7. The average Bonchev–Trinajstić information content (AvgIpc) is 2.82. The Kier molecular flexibility index (Phi) is 3.68. The van der Waals surface area contributed by atoms with Gasteiger partial charge in [-0.3, -0.25) is 9.78 Å². The van der Waals surface area contributed by atoms with E-state index in [-0.39, 0.29) is 11.9 Å². The van der Waals surface area contributed by atoms with Crippen LogP contribution >= 0.6 is 11.5 Å². The summed E-state index contributed by atoms with van der Waals surface area (Å²) in [5.74, 6) is 1.45. The van der Waals surface area contributed by atoms with E-state index < -0.39 is 0 Å². The molecule has 7 nitrogen and oxygen atoms in total. The number of fused-ring (bicyclic) bond motifs is 4. The van der Waals surface area contributed by atoms with Crippen molar-refractivity contribution in [3.8, 4) is 0 Å². The van der Waals surface area contributed by atoms with Crippen molar-refractivity contribution in [3.63, 3.8) is 0 Å². The molecule has 8 heteroatoms. The predicted molar refractivity (Wildman–Crippen MR) is 86.4 cm³/mol. The molecule has 23 heavy (non-hydrogen) atoms. The number of piperidine rings is 1. The lowest BCUT2D eigenvalue weighted by Crippen LogP contribution is -2.47. The molecule has 120 valence electrons. The number of carbonyl (C=O) groups is 1. The van der Waals surface area contributed by atoms with Crippen molar-refractivity contribution in [2.75, 3.05) is 24.5 Å². The second-order valence-corrected chi connectivity index (χ2v) is 6.96. The highest BCUT2D eigenvalue weighted by molar-refractivity contribution is 7.07. The third-order valence-electron chi connectivity index (χ3n) is 4.69. The number of aryl methyl sites for hydroxylation is 1. The largest absolute Gasteiger partial charge is 0.353 e. The average molecular weight is 330 g/mol. The third-order valence-corrected chi connectivity index (χ3v) is 5.51. The smallest absolute Gasteiger partial charge is 0.267 e. The van der Waals surface area contributed by atoms with Crippen molar-refractivity contribution in [3.05, 3.63) is 29.2 Å². The molecule has 3 saturated heterocycles. The van der Waals surface area contributed by atoms with E-state index in [0.29, 0.717) is 10.8 Å². The Morgan fingerprint density at radius 2 is 2.17 bits per heavy atom. The molecular formula is C15H18N6OS. The van der Waals surface area contributed by atoms with Crippen molar-refractivity contribution in [1.82, 2.24) is 24.5 Å². The van der Waals surface area contributed by atoms with Gasteiger partial charge in [0.2, 0.25) is 0 Å². The second kappa shape index (κ2) is 5.84. The highest BCUT2D eigenvalue weighted by Crippen LogP contribution is 2.31. The molecule has 2 aromatic heterocycles. The molecule has 0 spiro atoms. The Morgan fingerprint density at radius 3 is 2.91 bits per heavy atom. The first-order valence-corrected chi connectivity index (χ1v) is 8.60. The van der Waals surface area contributed by atoms with Gasteiger partial charge >= 0.3 is 0 Å². The molecule has 0 saturated carbocycles. The van der Waals surface area contributed by atoms with E-state index in [4.69, 9.17) is 0 Å². The molecule has 0 radical (unpaired) electrons. The standard InChI is InChI=1S/C15H18N6OS/c1-10-14(23-19-18-10)15(22)21-8-11-2-3-12(21)9-20(7-11)13-6-16-4-5-17-13/h4-6,11-12H,2-3,7-9H2,1H3/t11-,12+/m0/s1. The fraction of sp³-hybridized carbons (Fsp3) is 0.533. The van der Waals surface area contributed by atoms with E-state index in [1.54, 1.807) is 18.6 Å². The summed E-state index contributed by atoms with van der Waals surface area (Å²) in [4.78, 5) is 26.4. The molecule has 5 rings (SSSR count). The zero-order valence-electron chi connectivity index (χ0n) is 12.9. The van der Waals surface area contributed by atoms with E-state index >= 15 is 0 Å². The summed E-state index contributed by atoms with van der Waals surface area (Å²) in [7, 11) is 0. The maximum absolute atomic E-state index is 12.9. The van der Waals surface area contributed by atoms with Crippen molar-refractivity contribution in [2.45, 2.75) is 25.8 Å². The molecule has 3 fully saturated rings. The number of carbonyl (C=O) groups excluding carboxylic acids is 1. The summed E-state index contributed by atoms with van der Waals surface area (Å²) in [5.41, 5.74) is 0.728. The minimum atomic E-state index is 0.0770. The van der Waals surface area contributed by atoms with E-state index in [0.717, 1.165) is 44.0 Å². The van der Waals surface area contributed by atoms with Crippen LogP contribution in [0.3, 0.4) is 0 Å². The van der Waals surface area contributed by atoms with Crippen LogP contribution in [0.5, 0.6) is 0 Å². The van der Waals surface area contributed by atoms with Crippen molar-refractivity contribution in [1.29, 1.82) is 0 Å². The summed E-state index contributed by atoms with van der Waals surface area (Å²) < 4.78 is 3.90. The van der Waals surface area contributed by atoms with Gasteiger partial charge in [-0.25, -0.2) is 4.98 Å². The highest BCUT2D eigenvalue weighted by atomic mass is 32.1. The number of anilines is 1. The van der Waals surface area contributed by atoms with Gasteiger partial charge in [0.1, 0.15) is 10.7 Å². The van der Waals surface area contributed by atoms with Crippen LogP contribution < -0.4 is 4.90 Å². The molecule has 0 N–H and O–H groups in total. The Hall–Kier alpha value is -2.09. The number of hydrogen-bond donors (Lipinski definition) is 0. The lowest BCUT2D eigenvalue weighted by atomic mass is 9.95. The maximum atomic E-state index is 12.9. The van der Waals surface area contributed by atoms with Crippen LogP contribution in [-0.4, -0.2) is 56.0 Å². The van der Waals surface area contributed by atoms with Crippen LogP contribution in [-0.2, 0) is 0 Å². The van der Waals surface area contributed by atoms with Gasteiger partial charge in [-0.2, -0.15) is 0 Å². The molecule has 5 heterocycles. The fourth-order valence-corrected chi connectivity index (χ4v) is 4.14. The summed E-state index contributed by atoms with van der Waals surface area (Å²) in [5, 5.41) is 3.97. The van der Waals surface area contributed by atoms with Gasteiger partial charge in [0.25, 0.3) is 5.91 Å². The minimum absolute atomic E-state index is 0.0770. The number of hydrogen-bond acceptors (Lipinski definition) is 7. The highest BCUT2D eigenvalue weighted by Gasteiger charge is 2.38. The van der Waals surface area contributed by atoms with E-state index in [1.165, 1.54) is 11.5 Å². The molecule has 2 bridgehead atoms. The third kappa shape index (κ3) is 2.67. The Bertz CT molecular complexity index is 705. The molecule has 3 aliphatic rings. The Labute approximate surface area is 138 Å². The number of nitrogens with zero attached hydrogens (tertiary/aromatic N) is 6. The van der Waals surface area contributed by atoms with Gasteiger partial charge in [0.15, 0.2) is 0 Å². The van der Waals surface area contributed by atoms with E-state index in [9.17, 15) is 4.79 Å².